The number of hydrogen-bond donors (Lipinski definition) is 1. The van der Waals surface area contributed by atoms with Crippen molar-refractivity contribution in [3.8, 4) is 11.4 Å². The maximum atomic E-state index is 13.7. The summed E-state index contributed by atoms with van der Waals surface area (Å²) in [6, 6.07) is 20.7. The van der Waals surface area contributed by atoms with Gasteiger partial charge in [-0.15, -0.1) is 0 Å². The van der Waals surface area contributed by atoms with Crippen LogP contribution in [-0.2, 0) is 11.3 Å². The summed E-state index contributed by atoms with van der Waals surface area (Å²) in [6.07, 6.45) is 0. The first-order valence-corrected chi connectivity index (χ1v) is 10.2. The molecule has 0 saturated carbocycles. The van der Waals surface area contributed by atoms with Crippen molar-refractivity contribution in [2.45, 2.75) is 13.2 Å². The van der Waals surface area contributed by atoms with Crippen LogP contribution in [0.2, 0.25) is 0 Å². The second-order valence-electron chi connectivity index (χ2n) is 7.44. The van der Waals surface area contributed by atoms with Crippen LogP contribution >= 0.6 is 0 Å². The van der Waals surface area contributed by atoms with E-state index in [2.05, 4.69) is 10.3 Å². The van der Waals surface area contributed by atoms with Crippen molar-refractivity contribution in [3.63, 3.8) is 0 Å². The molecule has 0 bridgehead atoms. The van der Waals surface area contributed by atoms with Gasteiger partial charge >= 0.3 is 6.55 Å². The molecule has 5 aromatic rings. The number of furan rings is 1. The average molecular weight is 447 g/mol. The molecule has 8 heteroatoms. The number of nitrogens with zero attached hydrogens (tertiary/aromatic N) is 2. The van der Waals surface area contributed by atoms with Gasteiger partial charge in [0.15, 0.2) is 5.76 Å². The van der Waals surface area contributed by atoms with Crippen LogP contribution in [0.4, 0.5) is 14.5 Å². The predicted molar refractivity (Wildman–Crippen MR) is 121 cm³/mol. The van der Waals surface area contributed by atoms with Gasteiger partial charge in [-0.2, -0.15) is 8.78 Å². The van der Waals surface area contributed by atoms with E-state index < -0.39 is 12.5 Å². The molecule has 0 atom stereocenters. The van der Waals surface area contributed by atoms with E-state index >= 15 is 0 Å². The minimum Gasteiger partial charge on any atom is -0.451 e. The third-order valence-electron chi connectivity index (χ3n) is 5.39. The third-order valence-corrected chi connectivity index (χ3v) is 5.39. The molecule has 3 aromatic carbocycles. The summed E-state index contributed by atoms with van der Waals surface area (Å²) in [4.78, 5) is 17.3. The third kappa shape index (κ3) is 3.74. The van der Waals surface area contributed by atoms with Crippen molar-refractivity contribution in [2.24, 2.45) is 0 Å². The summed E-state index contributed by atoms with van der Waals surface area (Å²) in [5, 5.41) is 3.61. The van der Waals surface area contributed by atoms with Gasteiger partial charge in [0.25, 0.3) is 5.91 Å². The molecule has 5 rings (SSSR count). The first-order chi connectivity index (χ1) is 16.1. The fourth-order valence-corrected chi connectivity index (χ4v) is 3.91. The summed E-state index contributed by atoms with van der Waals surface area (Å²) < 4.78 is 39.4. The van der Waals surface area contributed by atoms with E-state index in [1.54, 1.807) is 61.7 Å². The molecule has 0 saturated heterocycles. The lowest BCUT2D eigenvalue weighted by Gasteiger charge is -2.09. The van der Waals surface area contributed by atoms with Gasteiger partial charge < -0.3 is 14.5 Å². The molecule has 0 aliphatic heterocycles. The van der Waals surface area contributed by atoms with E-state index in [4.69, 9.17) is 9.15 Å². The molecule has 0 aliphatic rings. The number of ether oxygens (including phenoxy) is 1. The molecule has 0 aliphatic carbocycles. The van der Waals surface area contributed by atoms with E-state index in [-0.39, 0.29) is 18.2 Å². The molecule has 0 spiro atoms. The van der Waals surface area contributed by atoms with Gasteiger partial charge in [-0.1, -0.05) is 30.3 Å². The molecule has 33 heavy (non-hydrogen) atoms. The summed E-state index contributed by atoms with van der Waals surface area (Å²) in [7, 11) is 1.55. The number of anilines is 1. The molecule has 6 nitrogen and oxygen atoms in total. The Labute approximate surface area is 187 Å². The molecule has 166 valence electrons. The zero-order valence-corrected chi connectivity index (χ0v) is 17.6. The summed E-state index contributed by atoms with van der Waals surface area (Å²) in [6.45, 7) is -2.51. The zero-order chi connectivity index (χ0) is 22.9. The minimum atomic E-state index is -2.74. The number of rotatable bonds is 6. The van der Waals surface area contributed by atoms with Crippen LogP contribution in [0.3, 0.4) is 0 Å². The lowest BCUT2D eigenvalue weighted by atomic mass is 10.1. The van der Waals surface area contributed by atoms with Crippen LogP contribution in [0, 0.1) is 0 Å². The highest BCUT2D eigenvalue weighted by Gasteiger charge is 2.21. The van der Waals surface area contributed by atoms with Crippen LogP contribution < -0.4 is 5.32 Å². The van der Waals surface area contributed by atoms with E-state index in [1.807, 2.05) is 18.2 Å². The zero-order valence-electron chi connectivity index (χ0n) is 17.6. The van der Waals surface area contributed by atoms with Gasteiger partial charge in [0.2, 0.25) is 0 Å². The number of para-hydroxylation sites is 3. The average Bonchev–Trinajstić information content (AvgIpc) is 3.39. The van der Waals surface area contributed by atoms with Crippen molar-refractivity contribution in [3.05, 3.63) is 84.1 Å². The van der Waals surface area contributed by atoms with Crippen LogP contribution in [-0.4, -0.2) is 22.6 Å². The van der Waals surface area contributed by atoms with Crippen molar-refractivity contribution in [2.75, 3.05) is 12.4 Å². The molecule has 0 radical (unpaired) electrons. The van der Waals surface area contributed by atoms with E-state index in [9.17, 15) is 13.6 Å². The fourth-order valence-electron chi connectivity index (χ4n) is 3.91. The highest BCUT2D eigenvalue weighted by Crippen LogP contribution is 2.31. The SMILES string of the molecule is COCc1c(C(=O)Nc2ccc(-c3nc4ccccc4n3C(F)F)cc2)oc2ccccc12. The van der Waals surface area contributed by atoms with Crippen molar-refractivity contribution in [1.29, 1.82) is 0 Å². The van der Waals surface area contributed by atoms with Crippen molar-refractivity contribution >= 4 is 33.6 Å². The van der Waals surface area contributed by atoms with Gasteiger partial charge in [-0.05, 0) is 42.5 Å². The molecule has 2 aromatic heterocycles. The molecular formula is C25H19F2N3O3. The Morgan fingerprint density at radius 2 is 1.79 bits per heavy atom. The van der Waals surface area contributed by atoms with E-state index in [0.717, 1.165) is 9.95 Å². The van der Waals surface area contributed by atoms with Gasteiger partial charge in [0, 0.05) is 29.3 Å². The number of hydrogen-bond acceptors (Lipinski definition) is 4. The maximum absolute atomic E-state index is 13.7. The van der Waals surface area contributed by atoms with E-state index in [1.165, 1.54) is 0 Å². The monoisotopic (exact) mass is 447 g/mol. The molecule has 1 amide bonds. The predicted octanol–water partition coefficient (Wildman–Crippen LogP) is 6.24. The van der Waals surface area contributed by atoms with Gasteiger partial charge in [0.05, 0.1) is 17.6 Å². The first kappa shape index (κ1) is 20.8. The maximum Gasteiger partial charge on any atom is 0.320 e. The Morgan fingerprint density at radius 3 is 2.55 bits per heavy atom. The quantitative estimate of drug-likeness (QED) is 0.334. The van der Waals surface area contributed by atoms with Crippen LogP contribution in [0.25, 0.3) is 33.4 Å². The number of carbonyl (C=O) groups is 1. The topological polar surface area (TPSA) is 69.3 Å². The highest BCUT2D eigenvalue weighted by atomic mass is 19.3. The minimum absolute atomic E-state index is 0.156. The lowest BCUT2D eigenvalue weighted by Crippen LogP contribution is -2.13. The number of benzene rings is 3. The first-order valence-electron chi connectivity index (χ1n) is 10.2. The second kappa shape index (κ2) is 8.48. The van der Waals surface area contributed by atoms with Gasteiger partial charge in [0.1, 0.15) is 11.4 Å². The molecule has 0 unspecified atom stereocenters. The standard InChI is InChI=1S/C25H19F2N3O3/c1-32-14-18-17-6-2-5-9-21(17)33-22(18)24(31)28-16-12-10-15(11-13-16)23-29-19-7-3-4-8-20(19)30(23)25(26)27/h2-13,25H,14H2,1H3,(H,28,31). The Hall–Kier alpha value is -4.04. The van der Waals surface area contributed by atoms with Crippen molar-refractivity contribution in [1.82, 2.24) is 9.55 Å². The lowest BCUT2D eigenvalue weighted by molar-refractivity contribution is 0.0764. The Morgan fingerprint density at radius 1 is 1.06 bits per heavy atom. The van der Waals surface area contributed by atoms with Gasteiger partial charge in [-0.25, -0.2) is 4.98 Å². The number of halogens is 2. The normalized spacial score (nSPS) is 11.5. The van der Waals surface area contributed by atoms with Crippen LogP contribution in [0.1, 0.15) is 22.7 Å². The summed E-state index contributed by atoms with van der Waals surface area (Å²) >= 11 is 0. The van der Waals surface area contributed by atoms with Crippen LogP contribution in [0.15, 0.2) is 77.2 Å². The summed E-state index contributed by atoms with van der Waals surface area (Å²) in [5.74, 6) is -0.101. The fraction of sp³-hybridized carbons (Fsp3) is 0.120. The largest absolute Gasteiger partial charge is 0.451 e. The Bertz CT molecular complexity index is 1460. The smallest absolute Gasteiger partial charge is 0.320 e. The van der Waals surface area contributed by atoms with Gasteiger partial charge in [-0.3, -0.25) is 9.36 Å². The van der Waals surface area contributed by atoms with Crippen LogP contribution in [0.5, 0.6) is 0 Å². The summed E-state index contributed by atoms with van der Waals surface area (Å²) in [5.41, 5.74) is 3.10. The number of alkyl halides is 2. The molecule has 2 heterocycles. The highest BCUT2D eigenvalue weighted by molar-refractivity contribution is 6.06. The number of amides is 1. The number of imidazole rings is 1. The molecule has 0 fully saturated rings. The van der Waals surface area contributed by atoms with E-state index in [0.29, 0.717) is 33.4 Å². The molecular weight excluding hydrogens is 428 g/mol. The number of carbonyl (C=O) groups excluding carboxylic acids is 1. The number of aromatic nitrogens is 2. The second-order valence-corrected chi connectivity index (χ2v) is 7.44. The Kier molecular flexibility index (Phi) is 5.35. The van der Waals surface area contributed by atoms with Crippen molar-refractivity contribution < 1.29 is 22.7 Å². The number of nitrogens with one attached hydrogen (secondary N) is 1. The number of fused-ring (bicyclic) bond motifs is 2. The molecule has 1 N–H and O–H groups in total. The number of methoxy groups -OCH3 is 1. The Balaban J connectivity index is 1.44.